The highest BCUT2D eigenvalue weighted by Crippen LogP contribution is 2.16. The normalized spacial score (nSPS) is 10.5. The van der Waals surface area contributed by atoms with Crippen molar-refractivity contribution in [1.29, 1.82) is 0 Å². The van der Waals surface area contributed by atoms with Gasteiger partial charge in [-0.25, -0.2) is 4.98 Å². The maximum atomic E-state index is 5.77. The number of nitrogen functional groups attached to an aromatic ring is 1. The molecule has 17 heavy (non-hydrogen) atoms. The average molecular weight is 230 g/mol. The van der Waals surface area contributed by atoms with E-state index in [2.05, 4.69) is 23.0 Å². The van der Waals surface area contributed by atoms with E-state index in [9.17, 15) is 0 Å². The van der Waals surface area contributed by atoms with Crippen molar-refractivity contribution >= 4 is 11.4 Å². The molecular formula is C13H18N4. The van der Waals surface area contributed by atoms with E-state index in [0.29, 0.717) is 0 Å². The number of imidazole rings is 1. The van der Waals surface area contributed by atoms with Gasteiger partial charge in [-0.2, -0.15) is 0 Å². The third-order valence-corrected chi connectivity index (χ3v) is 2.90. The molecule has 0 unspecified atom stereocenters. The molecule has 0 aliphatic rings. The zero-order valence-corrected chi connectivity index (χ0v) is 10.3. The minimum atomic E-state index is 0.798. The summed E-state index contributed by atoms with van der Waals surface area (Å²) >= 11 is 0. The largest absolute Gasteiger partial charge is 0.399 e. The molecule has 1 aromatic carbocycles. The average Bonchev–Trinajstić information content (AvgIpc) is 2.72. The van der Waals surface area contributed by atoms with Gasteiger partial charge in [0.05, 0.1) is 0 Å². The van der Waals surface area contributed by atoms with E-state index < -0.39 is 0 Å². The van der Waals surface area contributed by atoms with Crippen LogP contribution in [0.15, 0.2) is 36.7 Å². The van der Waals surface area contributed by atoms with Gasteiger partial charge in [-0.1, -0.05) is 6.07 Å². The van der Waals surface area contributed by atoms with Crippen LogP contribution in [0.4, 0.5) is 11.4 Å². The van der Waals surface area contributed by atoms with E-state index in [-0.39, 0.29) is 0 Å². The molecule has 0 amide bonds. The molecule has 2 aromatic rings. The van der Waals surface area contributed by atoms with Crippen LogP contribution >= 0.6 is 0 Å². The highest BCUT2D eigenvalue weighted by atomic mass is 15.1. The summed E-state index contributed by atoms with van der Waals surface area (Å²) in [6.07, 6.45) is 4.72. The number of aromatic nitrogens is 2. The Hall–Kier alpha value is -1.97. The Morgan fingerprint density at radius 2 is 2.24 bits per heavy atom. The van der Waals surface area contributed by atoms with Crippen LogP contribution in [-0.4, -0.2) is 23.1 Å². The van der Waals surface area contributed by atoms with Crippen LogP contribution in [0.3, 0.4) is 0 Å². The van der Waals surface area contributed by atoms with Gasteiger partial charge in [-0.15, -0.1) is 0 Å². The van der Waals surface area contributed by atoms with Crippen molar-refractivity contribution < 1.29 is 0 Å². The fraction of sp³-hybridized carbons (Fsp3) is 0.308. The minimum absolute atomic E-state index is 0.798. The summed E-state index contributed by atoms with van der Waals surface area (Å²) in [5.74, 6) is 1.10. The molecule has 0 aliphatic heterocycles. The Morgan fingerprint density at radius 1 is 1.41 bits per heavy atom. The minimum Gasteiger partial charge on any atom is -0.399 e. The van der Waals surface area contributed by atoms with E-state index in [1.165, 1.54) is 0 Å². The maximum absolute atomic E-state index is 5.77. The van der Waals surface area contributed by atoms with Crippen LogP contribution in [0.25, 0.3) is 0 Å². The summed E-state index contributed by atoms with van der Waals surface area (Å²) in [5.41, 5.74) is 7.70. The van der Waals surface area contributed by atoms with Gasteiger partial charge in [-0.3, -0.25) is 0 Å². The lowest BCUT2D eigenvalue weighted by molar-refractivity contribution is 0.757. The molecule has 0 bridgehead atoms. The van der Waals surface area contributed by atoms with E-state index in [0.717, 1.165) is 30.2 Å². The second-order valence-corrected chi connectivity index (χ2v) is 4.22. The van der Waals surface area contributed by atoms with Crippen LogP contribution < -0.4 is 10.6 Å². The molecule has 0 fully saturated rings. The van der Waals surface area contributed by atoms with Gasteiger partial charge in [0.15, 0.2) is 0 Å². The van der Waals surface area contributed by atoms with Crippen LogP contribution in [-0.2, 0) is 13.5 Å². The molecule has 1 aromatic heterocycles. The molecular weight excluding hydrogens is 212 g/mol. The lowest BCUT2D eigenvalue weighted by Gasteiger charge is -2.19. The summed E-state index contributed by atoms with van der Waals surface area (Å²) in [6.45, 7) is 0.925. The summed E-state index contributed by atoms with van der Waals surface area (Å²) in [7, 11) is 4.08. The number of nitrogens with two attached hydrogens (primary N) is 1. The number of nitrogens with zero attached hydrogens (tertiary/aromatic N) is 3. The first-order chi connectivity index (χ1) is 8.16. The van der Waals surface area contributed by atoms with Crippen molar-refractivity contribution in [2.45, 2.75) is 6.42 Å². The van der Waals surface area contributed by atoms with Crippen LogP contribution in [0, 0.1) is 0 Å². The zero-order chi connectivity index (χ0) is 12.3. The Balaban J connectivity index is 1.98. The predicted molar refractivity (Wildman–Crippen MR) is 71.0 cm³/mol. The second kappa shape index (κ2) is 4.91. The van der Waals surface area contributed by atoms with E-state index >= 15 is 0 Å². The first-order valence-electron chi connectivity index (χ1n) is 5.69. The lowest BCUT2D eigenvalue weighted by atomic mass is 10.2. The second-order valence-electron chi connectivity index (χ2n) is 4.22. The smallest absolute Gasteiger partial charge is 0.110 e. The molecule has 0 spiro atoms. The van der Waals surface area contributed by atoms with Crippen LogP contribution in [0.1, 0.15) is 5.82 Å². The molecule has 0 saturated carbocycles. The van der Waals surface area contributed by atoms with E-state index in [4.69, 9.17) is 5.73 Å². The molecule has 1 heterocycles. The fourth-order valence-electron chi connectivity index (χ4n) is 1.80. The first-order valence-corrected chi connectivity index (χ1v) is 5.69. The highest BCUT2D eigenvalue weighted by molar-refractivity contribution is 5.55. The molecule has 2 rings (SSSR count). The Morgan fingerprint density at radius 3 is 2.88 bits per heavy atom. The van der Waals surface area contributed by atoms with Crippen LogP contribution in [0.5, 0.6) is 0 Å². The van der Waals surface area contributed by atoms with Gasteiger partial charge in [0.2, 0.25) is 0 Å². The number of likely N-dealkylation sites (N-methyl/N-ethyl adjacent to an activating group) is 1. The van der Waals surface area contributed by atoms with Gasteiger partial charge in [0.25, 0.3) is 0 Å². The number of rotatable bonds is 4. The van der Waals surface area contributed by atoms with Gasteiger partial charge in [-0.05, 0) is 18.2 Å². The quantitative estimate of drug-likeness (QED) is 0.813. The maximum Gasteiger partial charge on any atom is 0.110 e. The van der Waals surface area contributed by atoms with Crippen molar-refractivity contribution in [2.75, 3.05) is 24.2 Å². The van der Waals surface area contributed by atoms with Gasteiger partial charge in [0, 0.05) is 50.8 Å². The number of benzene rings is 1. The molecule has 4 nitrogen and oxygen atoms in total. The number of hydrogen-bond donors (Lipinski definition) is 1. The first kappa shape index (κ1) is 11.5. The Kier molecular flexibility index (Phi) is 3.32. The molecule has 4 heteroatoms. The molecule has 0 saturated heterocycles. The van der Waals surface area contributed by atoms with E-state index in [1.54, 1.807) is 0 Å². The summed E-state index contributed by atoms with van der Waals surface area (Å²) in [6, 6.07) is 7.92. The van der Waals surface area contributed by atoms with Gasteiger partial charge < -0.3 is 15.2 Å². The topological polar surface area (TPSA) is 47.1 Å². The highest BCUT2D eigenvalue weighted by Gasteiger charge is 2.04. The molecule has 0 atom stereocenters. The lowest BCUT2D eigenvalue weighted by Crippen LogP contribution is -2.21. The monoisotopic (exact) mass is 230 g/mol. The van der Waals surface area contributed by atoms with E-state index in [1.807, 2.05) is 42.2 Å². The Labute approximate surface area is 102 Å². The van der Waals surface area contributed by atoms with Gasteiger partial charge in [0.1, 0.15) is 5.82 Å². The molecule has 2 N–H and O–H groups in total. The van der Waals surface area contributed by atoms with Crippen molar-refractivity contribution in [3.05, 3.63) is 42.5 Å². The molecule has 0 aliphatic carbocycles. The van der Waals surface area contributed by atoms with Crippen molar-refractivity contribution in [3.63, 3.8) is 0 Å². The molecule has 0 radical (unpaired) electrons. The van der Waals surface area contributed by atoms with Crippen molar-refractivity contribution in [3.8, 4) is 0 Å². The standard InChI is InChI=1S/C13H18N4/c1-16(12-5-3-4-11(14)10-12)8-6-13-15-7-9-17(13)2/h3-5,7,9-10H,6,8,14H2,1-2H3. The molecule has 90 valence electrons. The summed E-state index contributed by atoms with van der Waals surface area (Å²) in [5, 5.41) is 0. The Bertz CT molecular complexity index is 490. The zero-order valence-electron chi connectivity index (χ0n) is 10.3. The third kappa shape index (κ3) is 2.78. The predicted octanol–water partition coefficient (Wildman–Crippen LogP) is 1.68. The number of aryl methyl sites for hydroxylation is 1. The number of anilines is 2. The summed E-state index contributed by atoms with van der Waals surface area (Å²) in [4.78, 5) is 6.50. The van der Waals surface area contributed by atoms with Crippen molar-refractivity contribution in [2.24, 2.45) is 7.05 Å². The van der Waals surface area contributed by atoms with Crippen molar-refractivity contribution in [1.82, 2.24) is 9.55 Å². The third-order valence-electron chi connectivity index (χ3n) is 2.90. The summed E-state index contributed by atoms with van der Waals surface area (Å²) < 4.78 is 2.05. The van der Waals surface area contributed by atoms with Gasteiger partial charge >= 0.3 is 0 Å². The van der Waals surface area contributed by atoms with Crippen LogP contribution in [0.2, 0.25) is 0 Å². The SMILES string of the molecule is CN(CCc1nccn1C)c1cccc(N)c1. The fourth-order valence-corrected chi connectivity index (χ4v) is 1.80. The number of hydrogen-bond acceptors (Lipinski definition) is 3.